The number of nitrogens with zero attached hydrogens (tertiary/aromatic N) is 9. The van der Waals surface area contributed by atoms with E-state index in [0.29, 0.717) is 19.5 Å². The zero-order chi connectivity index (χ0) is 55.6. The Labute approximate surface area is 452 Å². The van der Waals surface area contributed by atoms with Gasteiger partial charge in [-0.25, -0.2) is 15.0 Å². The molecule has 3 unspecified atom stereocenters. The van der Waals surface area contributed by atoms with Crippen LogP contribution in [0.5, 0.6) is 0 Å². The molecule has 3 atom stereocenters. The van der Waals surface area contributed by atoms with Crippen LogP contribution in [0.1, 0.15) is 265 Å². The average molecular weight is 1040 g/mol. The molecule has 1 aromatic carbocycles. The maximum atomic E-state index is 10.5. The fraction of sp³-hybridized carbons (Fsp3) is 0.650. The zero-order valence-corrected chi connectivity index (χ0v) is 47.0. The first-order chi connectivity index (χ1) is 36.3. The van der Waals surface area contributed by atoms with Crippen LogP contribution in [0.4, 0.5) is 0 Å². The van der Waals surface area contributed by atoms with E-state index >= 15 is 0 Å². The van der Waals surface area contributed by atoms with Gasteiger partial charge >= 0.3 is 18.6 Å². The van der Waals surface area contributed by atoms with Crippen molar-refractivity contribution in [1.29, 1.82) is 15.8 Å². The number of carboxylic acids is 3. The topological polar surface area (TPSA) is 229 Å². The molecule has 15 heteroatoms. The first-order valence-electron chi connectivity index (χ1n) is 28.7. The van der Waals surface area contributed by atoms with Crippen LogP contribution >= 0.6 is 0 Å². The Morgan fingerprint density at radius 2 is 0.667 bits per heavy atom. The van der Waals surface area contributed by atoms with Gasteiger partial charge in [-0.3, -0.25) is 0 Å². The van der Waals surface area contributed by atoms with Gasteiger partial charge in [-0.05, 0) is 51.7 Å². The minimum Gasteiger partial charge on any atom is -0.545 e. The second kappa shape index (κ2) is 40.5. The van der Waals surface area contributed by atoms with E-state index in [-0.39, 0.29) is 0 Å². The number of unbranched alkanes of at least 4 members (excludes halogenated alkanes) is 24. The van der Waals surface area contributed by atoms with Crippen LogP contribution in [0.25, 0.3) is 0 Å². The summed E-state index contributed by atoms with van der Waals surface area (Å²) in [5.74, 6) is -2.05. The summed E-state index contributed by atoms with van der Waals surface area (Å²) in [7, 11) is 0. The van der Waals surface area contributed by atoms with Gasteiger partial charge in [0.05, 0.1) is 36.5 Å². The number of quaternary nitrogens is 3. The summed E-state index contributed by atoms with van der Waals surface area (Å²) in [5, 5.41) is 59.3. The van der Waals surface area contributed by atoms with Crippen LogP contribution < -0.4 is 15.3 Å². The van der Waals surface area contributed by atoms with E-state index in [1.165, 1.54) is 154 Å². The fourth-order valence-electron chi connectivity index (χ4n) is 9.21. The molecule has 15 nitrogen and oxygen atoms in total. The molecule has 4 rings (SSSR count). The first kappa shape index (κ1) is 67.2. The van der Waals surface area contributed by atoms with Gasteiger partial charge in [-0.2, -0.15) is 13.4 Å². The fourth-order valence-corrected chi connectivity index (χ4v) is 9.21. The van der Waals surface area contributed by atoms with Gasteiger partial charge in [0, 0.05) is 30.4 Å². The van der Waals surface area contributed by atoms with Crippen molar-refractivity contribution in [2.24, 2.45) is 15.0 Å². The third kappa shape index (κ3) is 25.1. The lowest BCUT2D eigenvalue weighted by Gasteiger charge is -2.20. The Morgan fingerprint density at radius 3 is 0.893 bits per heavy atom. The highest BCUT2D eigenvalue weighted by Gasteiger charge is 2.36. The molecule has 3 aliphatic rings. The molecule has 75 heavy (non-hydrogen) atoms. The van der Waals surface area contributed by atoms with E-state index in [1.54, 1.807) is 18.6 Å². The van der Waals surface area contributed by atoms with Crippen molar-refractivity contribution < 1.29 is 43.2 Å². The van der Waals surface area contributed by atoms with Gasteiger partial charge in [-0.1, -0.05) is 187 Å². The lowest BCUT2D eigenvalue weighted by Crippen LogP contribution is -2.41. The molecule has 3 aliphatic heterocycles. The van der Waals surface area contributed by atoms with Crippen molar-refractivity contribution in [3.05, 3.63) is 72.1 Å². The Kier molecular flexibility index (Phi) is 36.3. The number of hydrogen-bond acceptors (Lipinski definition) is 12. The van der Waals surface area contributed by atoms with Gasteiger partial charge in [-0.15, -0.1) is 15.8 Å². The standard InChI is InChI=1S/3C17H30N3.C9H6O6/c3*1-3-5-6-7-8-9-10-11-12-13-17-19-14-15-20(17,4-2)16-18;10-7(11)4-1-2-5(8(12)13)6(3-4)9(14)15/h3*14-15H,3-13H2,1-2H3;1-3H,(H,10,11)(H,12,13)(H,14,15)/q3*+1;/p-3. The summed E-state index contributed by atoms with van der Waals surface area (Å²) >= 11 is 0. The van der Waals surface area contributed by atoms with Crippen molar-refractivity contribution in [3.8, 4) is 18.6 Å². The number of amidine groups is 3. The quantitative estimate of drug-likeness (QED) is 0.0353. The normalized spacial score (nSPS) is 18.7. The number of rotatable bonds is 36. The molecular weight excluding hydrogens is 943 g/mol. The number of carbonyl (C=O) groups is 3. The van der Waals surface area contributed by atoms with Crippen molar-refractivity contribution in [1.82, 2.24) is 0 Å². The molecule has 414 valence electrons. The van der Waals surface area contributed by atoms with E-state index in [9.17, 15) is 45.5 Å². The van der Waals surface area contributed by atoms with E-state index in [2.05, 4.69) is 54.3 Å². The largest absolute Gasteiger partial charge is 0.545 e. The first-order valence-corrected chi connectivity index (χ1v) is 28.7. The van der Waals surface area contributed by atoms with Gasteiger partial charge in [0.2, 0.25) is 17.5 Å². The van der Waals surface area contributed by atoms with Crippen LogP contribution in [0.2, 0.25) is 0 Å². The number of benzene rings is 1. The lowest BCUT2D eigenvalue weighted by atomic mass is 10.0. The number of aliphatic imine (C=N–C) groups is 3. The van der Waals surface area contributed by atoms with Gasteiger partial charge in [0.15, 0.2) is 0 Å². The summed E-state index contributed by atoms with van der Waals surface area (Å²) in [6.45, 7) is 15.3. The van der Waals surface area contributed by atoms with E-state index < -0.39 is 34.6 Å². The summed E-state index contributed by atoms with van der Waals surface area (Å²) in [6, 6.07) is 2.37. The maximum absolute atomic E-state index is 10.5. The van der Waals surface area contributed by atoms with Crippen LogP contribution in [0.15, 0.2) is 70.4 Å². The highest BCUT2D eigenvalue weighted by atomic mass is 16.4. The third-order valence-electron chi connectivity index (χ3n) is 14.3. The minimum atomic E-state index is -1.79. The van der Waals surface area contributed by atoms with Crippen LogP contribution in [0.3, 0.4) is 0 Å². The molecule has 0 N–H and O–H groups in total. The lowest BCUT2D eigenvalue weighted by molar-refractivity contribution is -0.712. The SMILES string of the molecule is CCCCCCCCCCCC1=NC=C[N+]1(C#N)CC.CCCCCCCCCCCC1=NC=C[N+]1(C#N)CC.CCCCCCCCCCCC1=NC=C[N+]1(C#N)CC.O=C([O-])c1ccc(C(=O)[O-])c(C(=O)[O-])c1. The molecule has 0 aliphatic carbocycles. The van der Waals surface area contributed by atoms with E-state index in [1.807, 2.05) is 39.4 Å². The molecule has 0 fully saturated rings. The molecule has 0 saturated carbocycles. The molecule has 0 radical (unpaired) electrons. The third-order valence-corrected chi connectivity index (χ3v) is 14.3. The molecule has 3 heterocycles. The summed E-state index contributed by atoms with van der Waals surface area (Å²) in [5.41, 5.74) is -1.84. The minimum absolute atomic E-state index is 0.303. The predicted octanol–water partition coefficient (Wildman–Crippen LogP) is 12.1. The molecular formula is C60H93N9O6. The molecule has 0 amide bonds. The number of carbonyl (C=O) groups excluding carboxylic acids is 3. The number of carboxylic acid groups (broad SMARTS) is 3. The Morgan fingerprint density at radius 1 is 0.400 bits per heavy atom. The van der Waals surface area contributed by atoms with Gasteiger partial charge in [0.25, 0.3) is 0 Å². The van der Waals surface area contributed by atoms with E-state index in [4.69, 9.17) is 0 Å². The van der Waals surface area contributed by atoms with Gasteiger partial charge in [0.1, 0.15) is 38.2 Å². The number of aromatic carboxylic acids is 3. The summed E-state index contributed by atoms with van der Waals surface area (Å²) in [6.07, 6.45) is 57.1. The molecule has 0 aromatic heterocycles. The summed E-state index contributed by atoms with van der Waals surface area (Å²) < 4.78 is 0.908. The van der Waals surface area contributed by atoms with Gasteiger partial charge < -0.3 is 29.7 Å². The van der Waals surface area contributed by atoms with Crippen molar-refractivity contribution in [2.75, 3.05) is 19.6 Å². The van der Waals surface area contributed by atoms with E-state index in [0.717, 1.165) is 87.8 Å². The van der Waals surface area contributed by atoms with Crippen molar-refractivity contribution in [3.63, 3.8) is 0 Å². The molecule has 1 aromatic rings. The Hall–Kier alpha value is -5.79. The van der Waals surface area contributed by atoms with Crippen LogP contribution in [-0.2, 0) is 0 Å². The Balaban J connectivity index is 0.000000503. The smallest absolute Gasteiger partial charge is 0.320 e. The zero-order valence-electron chi connectivity index (χ0n) is 47.0. The number of nitriles is 3. The average Bonchev–Trinajstić information content (AvgIpc) is 4.17. The van der Waals surface area contributed by atoms with Crippen LogP contribution in [-0.4, -0.2) is 68.5 Å². The van der Waals surface area contributed by atoms with Crippen LogP contribution in [0, 0.1) is 34.4 Å². The second-order valence-corrected chi connectivity index (χ2v) is 19.7. The number of hydrogen-bond donors (Lipinski definition) is 0. The summed E-state index contributed by atoms with van der Waals surface area (Å²) in [4.78, 5) is 44.5. The maximum Gasteiger partial charge on any atom is 0.320 e. The predicted molar refractivity (Wildman–Crippen MR) is 294 cm³/mol. The molecule has 0 saturated heterocycles. The highest BCUT2D eigenvalue weighted by Crippen LogP contribution is 2.23. The second-order valence-electron chi connectivity index (χ2n) is 19.7. The molecule has 0 spiro atoms. The van der Waals surface area contributed by atoms with Crippen molar-refractivity contribution in [2.45, 2.75) is 234 Å². The van der Waals surface area contributed by atoms with Crippen molar-refractivity contribution >= 4 is 35.4 Å². The molecule has 0 bridgehead atoms. The Bertz CT molecular complexity index is 1990. The highest BCUT2D eigenvalue weighted by molar-refractivity contribution is 6.02. The monoisotopic (exact) mass is 1040 g/mol.